The number of carbonyl (C=O) groups excluding carboxylic acids is 1. The van der Waals surface area contributed by atoms with Gasteiger partial charge in [0.25, 0.3) is 0 Å². The lowest BCUT2D eigenvalue weighted by Gasteiger charge is -2.06. The van der Waals surface area contributed by atoms with Crippen molar-refractivity contribution in [2.24, 2.45) is 0 Å². The Kier molecular flexibility index (Phi) is 6.14. The molecule has 1 N–H and O–H groups in total. The minimum atomic E-state index is -0.456. The van der Waals surface area contributed by atoms with Crippen LogP contribution in [-0.2, 0) is 16.0 Å². The Labute approximate surface area is 106 Å². The second-order valence-corrected chi connectivity index (χ2v) is 3.84. The summed E-state index contributed by atoms with van der Waals surface area (Å²) in [5.41, 5.74) is 0.623. The molecule has 0 radical (unpaired) electrons. The number of halogens is 1. The summed E-state index contributed by atoms with van der Waals surface area (Å²) in [6.07, 6.45) is 0.924. The van der Waals surface area contributed by atoms with Crippen molar-refractivity contribution >= 4 is 5.91 Å². The molecule has 18 heavy (non-hydrogen) atoms. The van der Waals surface area contributed by atoms with Crippen LogP contribution < -0.4 is 10.1 Å². The highest BCUT2D eigenvalue weighted by molar-refractivity contribution is 5.78. The van der Waals surface area contributed by atoms with Crippen LogP contribution in [0.4, 0.5) is 4.39 Å². The summed E-state index contributed by atoms with van der Waals surface area (Å²) in [6, 6.07) is 4.51. The number of rotatable bonds is 7. The quantitative estimate of drug-likeness (QED) is 0.752. The highest BCUT2D eigenvalue weighted by Crippen LogP contribution is 2.17. The van der Waals surface area contributed by atoms with Gasteiger partial charge in [0, 0.05) is 20.3 Å². The molecule has 4 nitrogen and oxygen atoms in total. The SMILES string of the molecule is COCCCNC(=O)Cc1ccc(OC)c(F)c1. The van der Waals surface area contributed by atoms with E-state index in [1.165, 1.54) is 19.2 Å². The van der Waals surface area contributed by atoms with Gasteiger partial charge < -0.3 is 14.8 Å². The molecule has 0 aliphatic carbocycles. The molecule has 1 aromatic rings. The number of amides is 1. The summed E-state index contributed by atoms with van der Waals surface area (Å²) in [6.45, 7) is 1.17. The number of methoxy groups -OCH3 is 2. The van der Waals surface area contributed by atoms with Gasteiger partial charge in [0.15, 0.2) is 11.6 Å². The van der Waals surface area contributed by atoms with E-state index in [2.05, 4.69) is 5.32 Å². The van der Waals surface area contributed by atoms with E-state index < -0.39 is 5.82 Å². The molecule has 0 aliphatic rings. The molecule has 0 unspecified atom stereocenters. The zero-order chi connectivity index (χ0) is 13.4. The van der Waals surface area contributed by atoms with Crippen molar-refractivity contribution in [1.82, 2.24) is 5.32 Å². The predicted octanol–water partition coefficient (Wildman–Crippen LogP) is 1.53. The van der Waals surface area contributed by atoms with Crippen molar-refractivity contribution < 1.29 is 18.7 Å². The van der Waals surface area contributed by atoms with E-state index in [1.807, 2.05) is 0 Å². The van der Waals surface area contributed by atoms with Crippen LogP contribution in [0.2, 0.25) is 0 Å². The summed E-state index contributed by atoms with van der Waals surface area (Å²) in [7, 11) is 3.02. The van der Waals surface area contributed by atoms with Gasteiger partial charge in [0.05, 0.1) is 13.5 Å². The minimum Gasteiger partial charge on any atom is -0.494 e. The average molecular weight is 255 g/mol. The van der Waals surface area contributed by atoms with Crippen molar-refractivity contribution in [3.63, 3.8) is 0 Å². The van der Waals surface area contributed by atoms with E-state index in [4.69, 9.17) is 9.47 Å². The molecule has 1 aromatic carbocycles. The third-order valence-electron chi connectivity index (χ3n) is 2.43. The summed E-state index contributed by atoms with van der Waals surface area (Å²) in [4.78, 5) is 11.5. The maximum Gasteiger partial charge on any atom is 0.224 e. The predicted molar refractivity (Wildman–Crippen MR) is 66.2 cm³/mol. The zero-order valence-electron chi connectivity index (χ0n) is 10.7. The summed E-state index contributed by atoms with van der Waals surface area (Å²) < 4.78 is 23.1. The number of carbonyl (C=O) groups is 1. The van der Waals surface area contributed by atoms with E-state index in [1.54, 1.807) is 13.2 Å². The van der Waals surface area contributed by atoms with Gasteiger partial charge in [0.1, 0.15) is 0 Å². The van der Waals surface area contributed by atoms with Crippen LogP contribution in [0.1, 0.15) is 12.0 Å². The van der Waals surface area contributed by atoms with Gasteiger partial charge in [-0.3, -0.25) is 4.79 Å². The molecule has 0 bridgehead atoms. The molecule has 1 rings (SSSR count). The monoisotopic (exact) mass is 255 g/mol. The van der Waals surface area contributed by atoms with Crippen LogP contribution in [0.3, 0.4) is 0 Å². The molecule has 0 aliphatic heterocycles. The highest BCUT2D eigenvalue weighted by atomic mass is 19.1. The Morgan fingerprint density at radius 1 is 1.39 bits per heavy atom. The molecule has 1 amide bonds. The van der Waals surface area contributed by atoms with Gasteiger partial charge in [-0.05, 0) is 24.1 Å². The fraction of sp³-hybridized carbons (Fsp3) is 0.462. The lowest BCUT2D eigenvalue weighted by Crippen LogP contribution is -2.26. The standard InChI is InChI=1S/C13H18FNO3/c1-17-7-3-6-15-13(16)9-10-4-5-12(18-2)11(14)8-10/h4-5,8H,3,6-7,9H2,1-2H3,(H,15,16). The van der Waals surface area contributed by atoms with Gasteiger partial charge in [-0.2, -0.15) is 0 Å². The summed E-state index contributed by atoms with van der Waals surface area (Å²) in [5.74, 6) is -0.405. The van der Waals surface area contributed by atoms with Crippen LogP contribution in [0.15, 0.2) is 18.2 Å². The van der Waals surface area contributed by atoms with Crippen molar-refractivity contribution in [3.05, 3.63) is 29.6 Å². The number of benzene rings is 1. The topological polar surface area (TPSA) is 47.6 Å². The Bertz CT molecular complexity index is 396. The van der Waals surface area contributed by atoms with Crippen molar-refractivity contribution in [1.29, 1.82) is 0 Å². The fourth-order valence-corrected chi connectivity index (χ4v) is 1.51. The largest absolute Gasteiger partial charge is 0.494 e. The van der Waals surface area contributed by atoms with E-state index in [-0.39, 0.29) is 18.1 Å². The average Bonchev–Trinajstić information content (AvgIpc) is 2.35. The van der Waals surface area contributed by atoms with Gasteiger partial charge in [-0.1, -0.05) is 6.07 Å². The Morgan fingerprint density at radius 3 is 2.78 bits per heavy atom. The maximum absolute atomic E-state index is 13.4. The molecule has 0 spiro atoms. The van der Waals surface area contributed by atoms with Crippen molar-refractivity contribution in [2.75, 3.05) is 27.4 Å². The Hall–Kier alpha value is -1.62. The molecular weight excluding hydrogens is 237 g/mol. The Morgan fingerprint density at radius 2 is 2.17 bits per heavy atom. The molecule has 0 heterocycles. The second-order valence-electron chi connectivity index (χ2n) is 3.84. The highest BCUT2D eigenvalue weighted by Gasteiger charge is 2.07. The Balaban J connectivity index is 2.42. The van der Waals surface area contributed by atoms with Crippen LogP contribution >= 0.6 is 0 Å². The van der Waals surface area contributed by atoms with E-state index >= 15 is 0 Å². The molecule has 100 valence electrons. The van der Waals surface area contributed by atoms with E-state index in [9.17, 15) is 9.18 Å². The molecule has 0 aromatic heterocycles. The van der Waals surface area contributed by atoms with Gasteiger partial charge >= 0.3 is 0 Å². The molecule has 0 fully saturated rings. The normalized spacial score (nSPS) is 10.2. The lowest BCUT2D eigenvalue weighted by atomic mass is 10.1. The van der Waals surface area contributed by atoms with Crippen LogP contribution in [-0.4, -0.2) is 33.3 Å². The summed E-state index contributed by atoms with van der Waals surface area (Å²) >= 11 is 0. The molecule has 0 atom stereocenters. The first-order valence-electron chi connectivity index (χ1n) is 5.75. The molecule has 5 heteroatoms. The van der Waals surface area contributed by atoms with Crippen molar-refractivity contribution in [2.45, 2.75) is 12.8 Å². The van der Waals surface area contributed by atoms with Gasteiger partial charge in [0.2, 0.25) is 5.91 Å². The smallest absolute Gasteiger partial charge is 0.224 e. The third-order valence-corrected chi connectivity index (χ3v) is 2.43. The van der Waals surface area contributed by atoms with Crippen LogP contribution in [0, 0.1) is 5.82 Å². The number of hydrogen-bond donors (Lipinski definition) is 1. The number of ether oxygens (including phenoxy) is 2. The number of hydrogen-bond acceptors (Lipinski definition) is 3. The van der Waals surface area contributed by atoms with Crippen LogP contribution in [0.25, 0.3) is 0 Å². The van der Waals surface area contributed by atoms with Gasteiger partial charge in [-0.15, -0.1) is 0 Å². The third kappa shape index (κ3) is 4.71. The molecule has 0 saturated heterocycles. The first-order valence-corrected chi connectivity index (χ1v) is 5.75. The van der Waals surface area contributed by atoms with Gasteiger partial charge in [-0.25, -0.2) is 4.39 Å². The first kappa shape index (κ1) is 14.4. The summed E-state index contributed by atoms with van der Waals surface area (Å²) in [5, 5.41) is 2.74. The lowest BCUT2D eigenvalue weighted by molar-refractivity contribution is -0.120. The first-order chi connectivity index (χ1) is 8.67. The minimum absolute atomic E-state index is 0.129. The second kappa shape index (κ2) is 7.66. The fourth-order valence-electron chi connectivity index (χ4n) is 1.51. The molecule has 0 saturated carbocycles. The van der Waals surface area contributed by atoms with Crippen molar-refractivity contribution in [3.8, 4) is 5.75 Å². The van der Waals surface area contributed by atoms with Crippen LogP contribution in [0.5, 0.6) is 5.75 Å². The zero-order valence-corrected chi connectivity index (χ0v) is 10.7. The van der Waals surface area contributed by atoms with E-state index in [0.29, 0.717) is 18.7 Å². The molecular formula is C13H18FNO3. The number of nitrogens with one attached hydrogen (secondary N) is 1. The van der Waals surface area contributed by atoms with E-state index in [0.717, 1.165) is 6.42 Å². The maximum atomic E-state index is 13.4.